The van der Waals surface area contributed by atoms with Crippen LogP contribution < -0.4 is 0 Å². The van der Waals surface area contributed by atoms with Crippen LogP contribution in [-0.2, 0) is 25.8 Å². The summed E-state index contributed by atoms with van der Waals surface area (Å²) in [5.41, 5.74) is 2.47. The second kappa shape index (κ2) is 10.8. The lowest BCUT2D eigenvalue weighted by atomic mass is 10.0. The van der Waals surface area contributed by atoms with Crippen molar-refractivity contribution < 1.29 is 19.2 Å². The van der Waals surface area contributed by atoms with Crippen LogP contribution in [0.25, 0.3) is 0 Å². The van der Waals surface area contributed by atoms with E-state index >= 15 is 0 Å². The Labute approximate surface area is 168 Å². The van der Waals surface area contributed by atoms with Crippen LogP contribution in [0.2, 0.25) is 5.02 Å². The molecular weight excluding hydrogens is 380 g/mol. The standard InChI is InChI=1S/C21H19ClN2O4/c1-15(12-13-16-8-5-7-11-19(16)22)23-28-14-17-9-4-6-10-18(17)20(24-27-3)21(25)26-2/h4-11H,14H2,1-3H3/b23-15+,24-20+. The fourth-order valence-electron chi connectivity index (χ4n) is 2.20. The lowest BCUT2D eigenvalue weighted by Gasteiger charge is -2.09. The van der Waals surface area contributed by atoms with E-state index in [9.17, 15) is 4.79 Å². The Bertz CT molecular complexity index is 958. The average molecular weight is 399 g/mol. The van der Waals surface area contributed by atoms with Crippen LogP contribution in [0, 0.1) is 11.8 Å². The highest BCUT2D eigenvalue weighted by Crippen LogP contribution is 2.14. The van der Waals surface area contributed by atoms with Gasteiger partial charge in [0, 0.05) is 16.7 Å². The second-order valence-corrected chi connectivity index (χ2v) is 5.86. The number of halogens is 1. The molecule has 0 aromatic heterocycles. The second-order valence-electron chi connectivity index (χ2n) is 5.45. The molecular formula is C21H19ClN2O4. The zero-order valence-electron chi connectivity index (χ0n) is 15.7. The predicted molar refractivity (Wildman–Crippen MR) is 108 cm³/mol. The highest BCUT2D eigenvalue weighted by Gasteiger charge is 2.19. The van der Waals surface area contributed by atoms with Gasteiger partial charge in [-0.05, 0) is 25.0 Å². The van der Waals surface area contributed by atoms with E-state index in [0.717, 1.165) is 0 Å². The van der Waals surface area contributed by atoms with Crippen LogP contribution in [0.1, 0.15) is 23.6 Å². The largest absolute Gasteiger partial charge is 0.464 e. The average Bonchev–Trinajstić information content (AvgIpc) is 2.71. The fraction of sp³-hybridized carbons (Fsp3) is 0.190. The van der Waals surface area contributed by atoms with Crippen LogP contribution in [0.3, 0.4) is 0 Å². The summed E-state index contributed by atoms with van der Waals surface area (Å²) in [5.74, 6) is 5.21. The molecule has 2 aromatic rings. The molecule has 0 aliphatic heterocycles. The normalized spacial score (nSPS) is 11.3. The van der Waals surface area contributed by atoms with E-state index in [1.165, 1.54) is 14.2 Å². The molecule has 0 unspecified atom stereocenters. The molecule has 0 radical (unpaired) electrons. The maximum Gasteiger partial charge on any atom is 0.360 e. The predicted octanol–water partition coefficient (Wildman–Crippen LogP) is 3.81. The third-order valence-corrected chi connectivity index (χ3v) is 3.84. The Kier molecular flexibility index (Phi) is 8.07. The summed E-state index contributed by atoms with van der Waals surface area (Å²) in [7, 11) is 2.63. The summed E-state index contributed by atoms with van der Waals surface area (Å²) in [5, 5.41) is 8.32. The van der Waals surface area contributed by atoms with E-state index in [4.69, 9.17) is 26.0 Å². The number of ether oxygens (including phenoxy) is 1. The molecule has 6 nitrogen and oxygen atoms in total. The number of carbonyl (C=O) groups excluding carboxylic acids is 1. The summed E-state index contributed by atoms with van der Waals surface area (Å²) in [6.45, 7) is 1.84. The van der Waals surface area contributed by atoms with E-state index in [1.807, 2.05) is 24.3 Å². The van der Waals surface area contributed by atoms with Gasteiger partial charge in [-0.1, -0.05) is 64.2 Å². The number of esters is 1. The first-order valence-electron chi connectivity index (χ1n) is 8.27. The molecule has 0 aliphatic carbocycles. The van der Waals surface area contributed by atoms with Crippen molar-refractivity contribution in [2.24, 2.45) is 10.3 Å². The van der Waals surface area contributed by atoms with Gasteiger partial charge >= 0.3 is 5.97 Å². The molecule has 2 rings (SSSR count). The van der Waals surface area contributed by atoms with Gasteiger partial charge in [0.2, 0.25) is 0 Å². The summed E-state index contributed by atoms with van der Waals surface area (Å²) in [4.78, 5) is 22.1. The minimum absolute atomic E-state index is 0.0448. The van der Waals surface area contributed by atoms with Crippen LogP contribution in [0.15, 0.2) is 58.8 Å². The lowest BCUT2D eigenvalue weighted by molar-refractivity contribution is -0.132. The Morgan fingerprint density at radius 2 is 1.79 bits per heavy atom. The number of rotatable bonds is 6. The molecule has 0 N–H and O–H groups in total. The molecule has 0 bridgehead atoms. The zero-order chi connectivity index (χ0) is 20.4. The molecule has 28 heavy (non-hydrogen) atoms. The van der Waals surface area contributed by atoms with Crippen molar-refractivity contribution >= 4 is 29.0 Å². The maximum absolute atomic E-state index is 12.0. The highest BCUT2D eigenvalue weighted by atomic mass is 35.5. The van der Waals surface area contributed by atoms with Gasteiger partial charge in [-0.3, -0.25) is 0 Å². The van der Waals surface area contributed by atoms with Crippen molar-refractivity contribution in [2.45, 2.75) is 13.5 Å². The topological polar surface area (TPSA) is 69.5 Å². The first-order chi connectivity index (χ1) is 13.6. The molecule has 0 atom stereocenters. The smallest absolute Gasteiger partial charge is 0.360 e. The van der Waals surface area contributed by atoms with Gasteiger partial charge in [0.1, 0.15) is 19.4 Å². The monoisotopic (exact) mass is 398 g/mol. The van der Waals surface area contributed by atoms with Crippen molar-refractivity contribution in [3.63, 3.8) is 0 Å². The minimum atomic E-state index is -0.611. The molecule has 0 saturated carbocycles. The van der Waals surface area contributed by atoms with E-state index < -0.39 is 5.97 Å². The third-order valence-electron chi connectivity index (χ3n) is 3.51. The van der Waals surface area contributed by atoms with Crippen molar-refractivity contribution in [2.75, 3.05) is 14.2 Å². The van der Waals surface area contributed by atoms with Gasteiger partial charge < -0.3 is 14.4 Å². The van der Waals surface area contributed by atoms with Gasteiger partial charge in [-0.25, -0.2) is 4.79 Å². The van der Waals surface area contributed by atoms with E-state index in [-0.39, 0.29) is 12.3 Å². The summed E-state index contributed by atoms with van der Waals surface area (Å²) < 4.78 is 4.75. The number of hydrogen-bond acceptors (Lipinski definition) is 6. The van der Waals surface area contributed by atoms with Gasteiger partial charge in [0.25, 0.3) is 0 Å². The zero-order valence-corrected chi connectivity index (χ0v) is 16.5. The maximum atomic E-state index is 12.0. The van der Waals surface area contributed by atoms with E-state index in [2.05, 4.69) is 22.2 Å². The summed E-state index contributed by atoms with van der Waals surface area (Å²) in [6.07, 6.45) is 0. The van der Waals surface area contributed by atoms with Crippen LogP contribution in [-0.4, -0.2) is 31.6 Å². The van der Waals surface area contributed by atoms with Gasteiger partial charge in [-0.2, -0.15) is 0 Å². The van der Waals surface area contributed by atoms with E-state index in [1.54, 1.807) is 31.2 Å². The summed E-state index contributed by atoms with van der Waals surface area (Å²) in [6, 6.07) is 14.4. The summed E-state index contributed by atoms with van der Waals surface area (Å²) >= 11 is 6.07. The number of oxime groups is 2. The minimum Gasteiger partial charge on any atom is -0.464 e. The lowest BCUT2D eigenvalue weighted by Crippen LogP contribution is -2.19. The highest BCUT2D eigenvalue weighted by molar-refractivity contribution is 6.43. The Balaban J connectivity index is 2.13. The number of carbonyl (C=O) groups is 1. The molecule has 0 amide bonds. The number of benzene rings is 2. The molecule has 0 aliphatic rings. The van der Waals surface area contributed by atoms with Gasteiger partial charge in [0.15, 0.2) is 5.71 Å². The molecule has 0 heterocycles. The molecule has 0 saturated heterocycles. The van der Waals surface area contributed by atoms with Gasteiger partial charge in [0.05, 0.1) is 12.1 Å². The number of methoxy groups -OCH3 is 1. The van der Waals surface area contributed by atoms with Crippen LogP contribution >= 0.6 is 11.6 Å². The Hall–Kier alpha value is -3.30. The molecule has 7 heteroatoms. The SMILES string of the molecule is CO/N=C(/C(=O)OC)c1ccccc1CO/N=C(\C)C#Cc1ccccc1Cl. The first kappa shape index (κ1) is 21.0. The molecule has 0 spiro atoms. The fourth-order valence-corrected chi connectivity index (χ4v) is 2.39. The number of hydrogen-bond donors (Lipinski definition) is 0. The van der Waals surface area contributed by atoms with Gasteiger partial charge in [-0.15, -0.1) is 0 Å². The molecule has 0 fully saturated rings. The van der Waals surface area contributed by atoms with Crippen LogP contribution in [0.5, 0.6) is 0 Å². The van der Waals surface area contributed by atoms with Crippen molar-refractivity contribution in [3.05, 3.63) is 70.2 Å². The van der Waals surface area contributed by atoms with Crippen molar-refractivity contribution in [1.29, 1.82) is 0 Å². The quantitative estimate of drug-likeness (QED) is 0.321. The first-order valence-corrected chi connectivity index (χ1v) is 8.65. The van der Waals surface area contributed by atoms with E-state index in [0.29, 0.717) is 27.4 Å². The molecule has 144 valence electrons. The molecule has 2 aromatic carbocycles. The number of nitrogens with zero attached hydrogens (tertiary/aromatic N) is 2. The van der Waals surface area contributed by atoms with Crippen molar-refractivity contribution in [3.8, 4) is 11.8 Å². The van der Waals surface area contributed by atoms with Crippen molar-refractivity contribution in [1.82, 2.24) is 0 Å². The third kappa shape index (κ3) is 5.86. The van der Waals surface area contributed by atoms with Crippen LogP contribution in [0.4, 0.5) is 0 Å². The Morgan fingerprint density at radius 1 is 1.07 bits per heavy atom. The Morgan fingerprint density at radius 3 is 2.50 bits per heavy atom.